The summed E-state index contributed by atoms with van der Waals surface area (Å²) in [6.07, 6.45) is 3.12. The normalized spacial score (nSPS) is 10.1. The summed E-state index contributed by atoms with van der Waals surface area (Å²) in [4.78, 5) is 8.48. The first-order chi connectivity index (χ1) is 8.58. The summed E-state index contributed by atoms with van der Waals surface area (Å²) in [7, 11) is 0. The van der Waals surface area contributed by atoms with Crippen molar-refractivity contribution in [2.24, 2.45) is 5.73 Å². The topological polar surface area (TPSA) is 63.8 Å². The Morgan fingerprint density at radius 1 is 1.33 bits per heavy atom. The number of hydrogen-bond donors (Lipinski definition) is 2. The van der Waals surface area contributed by atoms with Gasteiger partial charge in [0.15, 0.2) is 5.82 Å². The van der Waals surface area contributed by atoms with Gasteiger partial charge in [0.05, 0.1) is 0 Å². The van der Waals surface area contributed by atoms with Crippen molar-refractivity contribution >= 4 is 40.3 Å². The Bertz CT molecular complexity index is 600. The second kappa shape index (κ2) is 5.29. The first-order valence-corrected chi connectivity index (χ1v) is 6.00. The van der Waals surface area contributed by atoms with Crippen LogP contribution >= 0.6 is 23.8 Å². The summed E-state index contributed by atoms with van der Waals surface area (Å²) in [6.45, 7) is 1.97. The van der Waals surface area contributed by atoms with Crippen LogP contribution in [0.3, 0.4) is 0 Å². The van der Waals surface area contributed by atoms with Crippen molar-refractivity contribution in [3.05, 3.63) is 46.9 Å². The Morgan fingerprint density at radius 2 is 2.06 bits per heavy atom. The fraction of sp³-hybridized carbons (Fsp3) is 0.0833. The zero-order valence-electron chi connectivity index (χ0n) is 9.64. The highest BCUT2D eigenvalue weighted by atomic mass is 35.5. The van der Waals surface area contributed by atoms with Gasteiger partial charge in [-0.3, -0.25) is 0 Å². The number of nitrogens with zero attached hydrogens (tertiary/aromatic N) is 2. The molecule has 1 heterocycles. The number of nitrogens with one attached hydrogen (secondary N) is 1. The second-order valence-corrected chi connectivity index (χ2v) is 4.58. The molecular weight excluding hydrogens is 268 g/mol. The summed E-state index contributed by atoms with van der Waals surface area (Å²) >= 11 is 10.9. The zero-order valence-corrected chi connectivity index (χ0v) is 11.2. The highest BCUT2D eigenvalue weighted by Crippen LogP contribution is 2.24. The molecule has 0 aliphatic carbocycles. The van der Waals surface area contributed by atoms with Gasteiger partial charge in [0, 0.05) is 23.1 Å². The number of hydrogen-bond acceptors (Lipinski definition) is 4. The van der Waals surface area contributed by atoms with Gasteiger partial charge in [0.1, 0.15) is 10.7 Å². The number of anilines is 2. The third kappa shape index (κ3) is 2.75. The monoisotopic (exact) mass is 278 g/mol. The van der Waals surface area contributed by atoms with Crippen LogP contribution in [0.2, 0.25) is 5.02 Å². The zero-order chi connectivity index (χ0) is 13.1. The lowest BCUT2D eigenvalue weighted by atomic mass is 10.2. The highest BCUT2D eigenvalue weighted by molar-refractivity contribution is 7.80. The van der Waals surface area contributed by atoms with Crippen molar-refractivity contribution in [3.8, 4) is 0 Å². The van der Waals surface area contributed by atoms with Gasteiger partial charge in [0.2, 0.25) is 0 Å². The molecule has 2 aromatic rings. The van der Waals surface area contributed by atoms with Crippen LogP contribution < -0.4 is 11.1 Å². The largest absolute Gasteiger partial charge is 0.388 e. The van der Waals surface area contributed by atoms with Gasteiger partial charge < -0.3 is 11.1 Å². The van der Waals surface area contributed by atoms with E-state index in [0.717, 1.165) is 11.3 Å². The van der Waals surface area contributed by atoms with Gasteiger partial charge >= 0.3 is 0 Å². The molecular formula is C12H11ClN4S. The third-order valence-electron chi connectivity index (χ3n) is 2.38. The van der Waals surface area contributed by atoms with Gasteiger partial charge in [0.25, 0.3) is 0 Å². The molecule has 4 nitrogen and oxygen atoms in total. The Balaban J connectivity index is 2.40. The van der Waals surface area contributed by atoms with E-state index in [1.54, 1.807) is 12.4 Å². The predicted molar refractivity (Wildman–Crippen MR) is 77.4 cm³/mol. The molecule has 0 bridgehead atoms. The van der Waals surface area contributed by atoms with Crippen LogP contribution in [-0.2, 0) is 0 Å². The van der Waals surface area contributed by atoms with E-state index in [-0.39, 0.29) is 4.99 Å². The van der Waals surface area contributed by atoms with Crippen LogP contribution in [0.5, 0.6) is 0 Å². The number of nitrogens with two attached hydrogens (primary N) is 1. The van der Waals surface area contributed by atoms with Crippen LogP contribution in [0.4, 0.5) is 11.5 Å². The van der Waals surface area contributed by atoms with Crippen LogP contribution in [0, 0.1) is 6.92 Å². The minimum Gasteiger partial charge on any atom is -0.388 e. The van der Waals surface area contributed by atoms with E-state index < -0.39 is 0 Å². The Kier molecular flexibility index (Phi) is 3.74. The summed E-state index contributed by atoms with van der Waals surface area (Å²) in [5, 5.41) is 3.78. The van der Waals surface area contributed by atoms with E-state index in [1.807, 2.05) is 25.1 Å². The van der Waals surface area contributed by atoms with Crippen molar-refractivity contribution in [2.75, 3.05) is 5.32 Å². The van der Waals surface area contributed by atoms with Crippen molar-refractivity contribution < 1.29 is 0 Å². The highest BCUT2D eigenvalue weighted by Gasteiger charge is 2.09. The Hall–Kier alpha value is -1.72. The molecule has 0 aliphatic heterocycles. The molecule has 0 fully saturated rings. The lowest BCUT2D eigenvalue weighted by Gasteiger charge is -2.11. The SMILES string of the molecule is Cc1ccc(Cl)cc1Nc1nccnc1C(N)=S. The van der Waals surface area contributed by atoms with Crippen molar-refractivity contribution in [3.63, 3.8) is 0 Å². The van der Waals surface area contributed by atoms with E-state index in [2.05, 4.69) is 15.3 Å². The number of aromatic nitrogens is 2. The Labute approximate surface area is 115 Å². The van der Waals surface area contributed by atoms with Gasteiger partial charge in [-0.2, -0.15) is 0 Å². The fourth-order valence-electron chi connectivity index (χ4n) is 1.47. The first-order valence-electron chi connectivity index (χ1n) is 5.22. The van der Waals surface area contributed by atoms with Crippen LogP contribution in [-0.4, -0.2) is 15.0 Å². The molecule has 18 heavy (non-hydrogen) atoms. The standard InChI is InChI=1S/C12H11ClN4S/c1-7-2-3-8(13)6-9(7)17-12-10(11(14)18)15-4-5-16-12/h2-6H,1H3,(H2,14,18)(H,16,17). The average Bonchev–Trinajstić information content (AvgIpc) is 2.34. The summed E-state index contributed by atoms with van der Waals surface area (Å²) in [5.74, 6) is 0.523. The fourth-order valence-corrected chi connectivity index (χ4v) is 1.79. The number of rotatable bonds is 3. The van der Waals surface area contributed by atoms with Crippen molar-refractivity contribution in [1.29, 1.82) is 0 Å². The van der Waals surface area contributed by atoms with Crippen LogP contribution in [0.25, 0.3) is 0 Å². The molecule has 0 unspecified atom stereocenters. The first kappa shape index (κ1) is 12.7. The van der Waals surface area contributed by atoms with Crippen LogP contribution in [0.15, 0.2) is 30.6 Å². The molecule has 0 saturated carbocycles. The number of halogens is 1. The maximum Gasteiger partial charge on any atom is 0.159 e. The molecule has 1 aromatic heterocycles. The quantitative estimate of drug-likeness (QED) is 0.845. The average molecular weight is 279 g/mol. The molecule has 6 heteroatoms. The minimum absolute atomic E-state index is 0.199. The number of thiocarbonyl (C=S) groups is 1. The van der Waals surface area contributed by atoms with Gasteiger partial charge in [-0.1, -0.05) is 29.9 Å². The van der Waals surface area contributed by atoms with E-state index in [4.69, 9.17) is 29.6 Å². The van der Waals surface area contributed by atoms with Gasteiger partial charge in [-0.15, -0.1) is 0 Å². The van der Waals surface area contributed by atoms with Gasteiger partial charge in [-0.25, -0.2) is 9.97 Å². The van der Waals surface area contributed by atoms with Crippen molar-refractivity contribution in [2.45, 2.75) is 6.92 Å². The Morgan fingerprint density at radius 3 is 2.78 bits per heavy atom. The molecule has 0 aliphatic rings. The summed E-state index contributed by atoms with van der Waals surface area (Å²) < 4.78 is 0. The van der Waals surface area contributed by atoms with Crippen molar-refractivity contribution in [1.82, 2.24) is 9.97 Å². The molecule has 0 saturated heterocycles. The molecule has 3 N–H and O–H groups in total. The van der Waals surface area contributed by atoms with E-state index in [1.165, 1.54) is 0 Å². The molecule has 0 radical (unpaired) electrons. The second-order valence-electron chi connectivity index (χ2n) is 3.70. The predicted octanol–water partition coefficient (Wildman–Crippen LogP) is 2.82. The lowest BCUT2D eigenvalue weighted by Crippen LogP contribution is -2.15. The maximum absolute atomic E-state index is 5.96. The molecule has 1 aromatic carbocycles. The third-order valence-corrected chi connectivity index (χ3v) is 2.81. The van der Waals surface area contributed by atoms with Gasteiger partial charge in [-0.05, 0) is 24.6 Å². The molecule has 0 spiro atoms. The minimum atomic E-state index is 0.199. The summed E-state index contributed by atoms with van der Waals surface area (Å²) in [6, 6.07) is 5.56. The lowest BCUT2D eigenvalue weighted by molar-refractivity contribution is 1.17. The molecule has 92 valence electrons. The summed E-state index contributed by atoms with van der Waals surface area (Å²) in [5.41, 5.74) is 7.95. The smallest absolute Gasteiger partial charge is 0.159 e. The molecule has 0 amide bonds. The van der Waals surface area contributed by atoms with Crippen LogP contribution in [0.1, 0.15) is 11.3 Å². The molecule has 0 atom stereocenters. The number of aryl methyl sites for hydroxylation is 1. The number of benzene rings is 1. The maximum atomic E-state index is 5.96. The van der Waals surface area contributed by atoms with E-state index in [9.17, 15) is 0 Å². The molecule has 2 rings (SSSR count). The van der Waals surface area contributed by atoms with E-state index >= 15 is 0 Å². The van der Waals surface area contributed by atoms with E-state index in [0.29, 0.717) is 16.5 Å².